The van der Waals surface area contributed by atoms with E-state index in [0.717, 1.165) is 34.4 Å². The van der Waals surface area contributed by atoms with Crippen LogP contribution in [0.4, 0.5) is 0 Å². The zero-order chi connectivity index (χ0) is 23.9. The standard InChI is InChI=1S/C22H23Cl2N3O4S3/c23-16-2-1-3-17-20(16)25-22(32-17)31-15-8-10-26(11-9-15)21(28)14-6-12-27(13-7-14)34(29,30)19-5-4-18(24)33-19/h1-5,14-15H,6-13H2. The van der Waals surface area contributed by atoms with E-state index in [9.17, 15) is 13.2 Å². The Kier molecular flexibility index (Phi) is 7.07. The highest BCUT2D eigenvalue weighted by Gasteiger charge is 2.35. The summed E-state index contributed by atoms with van der Waals surface area (Å²) in [6.07, 6.45) is 2.54. The van der Waals surface area contributed by atoms with Crippen molar-refractivity contribution in [3.63, 3.8) is 0 Å². The fraction of sp³-hybridized carbons (Fsp3) is 0.455. The van der Waals surface area contributed by atoms with E-state index >= 15 is 0 Å². The number of aromatic nitrogens is 1. The third-order valence-electron chi connectivity index (χ3n) is 6.32. The Balaban J connectivity index is 1.12. The zero-order valence-corrected chi connectivity index (χ0v) is 22.1. The molecule has 1 amide bonds. The van der Waals surface area contributed by atoms with Crippen LogP contribution < -0.4 is 4.74 Å². The molecule has 2 fully saturated rings. The van der Waals surface area contributed by atoms with Gasteiger partial charge >= 0.3 is 0 Å². The molecule has 0 bridgehead atoms. The average Bonchev–Trinajstić information content (AvgIpc) is 3.46. The first-order valence-electron chi connectivity index (χ1n) is 11.1. The van der Waals surface area contributed by atoms with Crippen LogP contribution >= 0.6 is 45.9 Å². The SMILES string of the molecule is O=C(C1CCN(S(=O)(=O)c2ccc(Cl)s2)CC1)N1CCC(Oc2nc3c(Cl)cccc3s2)CC1. The first-order chi connectivity index (χ1) is 16.3. The third-order valence-corrected chi connectivity index (χ3v) is 11.1. The van der Waals surface area contributed by atoms with Crippen molar-refractivity contribution in [2.24, 2.45) is 5.92 Å². The lowest BCUT2D eigenvalue weighted by Crippen LogP contribution is -2.47. The van der Waals surface area contributed by atoms with Gasteiger partial charge in [0.15, 0.2) is 0 Å². The van der Waals surface area contributed by atoms with Gasteiger partial charge in [0, 0.05) is 44.9 Å². The van der Waals surface area contributed by atoms with Crippen LogP contribution in [0.5, 0.6) is 5.19 Å². The Morgan fingerprint density at radius 3 is 2.38 bits per heavy atom. The van der Waals surface area contributed by atoms with Gasteiger partial charge in [0.2, 0.25) is 5.91 Å². The summed E-state index contributed by atoms with van der Waals surface area (Å²) in [6.45, 7) is 1.94. The van der Waals surface area contributed by atoms with E-state index in [-0.39, 0.29) is 22.1 Å². The number of para-hydroxylation sites is 1. The molecule has 0 radical (unpaired) electrons. The van der Waals surface area contributed by atoms with E-state index < -0.39 is 10.0 Å². The normalized spacial score (nSPS) is 19.1. The number of fused-ring (bicyclic) bond motifs is 1. The summed E-state index contributed by atoms with van der Waals surface area (Å²) in [7, 11) is -3.55. The van der Waals surface area contributed by atoms with Crippen molar-refractivity contribution in [3.8, 4) is 5.19 Å². The molecule has 2 saturated heterocycles. The maximum Gasteiger partial charge on any atom is 0.274 e. The molecule has 0 N–H and O–H groups in total. The van der Waals surface area contributed by atoms with Gasteiger partial charge < -0.3 is 9.64 Å². The second-order valence-corrected chi connectivity index (χ2v) is 13.7. The second-order valence-electron chi connectivity index (χ2n) is 8.45. The molecule has 12 heteroatoms. The lowest BCUT2D eigenvalue weighted by Gasteiger charge is -2.36. The number of thiazole rings is 1. The number of nitrogens with zero attached hydrogens (tertiary/aromatic N) is 3. The van der Waals surface area contributed by atoms with Crippen LogP contribution in [0, 0.1) is 5.92 Å². The summed E-state index contributed by atoms with van der Waals surface area (Å²) in [5.41, 5.74) is 0.757. The fourth-order valence-electron chi connectivity index (χ4n) is 4.45. The number of hydrogen-bond donors (Lipinski definition) is 0. The lowest BCUT2D eigenvalue weighted by atomic mass is 9.95. The molecule has 34 heavy (non-hydrogen) atoms. The second kappa shape index (κ2) is 9.91. The molecule has 0 aliphatic carbocycles. The molecule has 0 saturated carbocycles. The van der Waals surface area contributed by atoms with Crippen molar-refractivity contribution in [3.05, 3.63) is 39.7 Å². The number of piperidine rings is 2. The minimum absolute atomic E-state index is 0.00741. The molecule has 182 valence electrons. The Morgan fingerprint density at radius 2 is 1.74 bits per heavy atom. The van der Waals surface area contributed by atoms with Gasteiger partial charge in [0.1, 0.15) is 15.8 Å². The predicted octanol–water partition coefficient (Wildman–Crippen LogP) is 5.14. The highest BCUT2D eigenvalue weighted by Crippen LogP contribution is 2.34. The maximum atomic E-state index is 13.1. The molecule has 2 aliphatic heterocycles. The summed E-state index contributed by atoms with van der Waals surface area (Å²) in [6, 6.07) is 8.81. The van der Waals surface area contributed by atoms with Crippen molar-refractivity contribution in [1.82, 2.24) is 14.2 Å². The Bertz CT molecular complexity index is 1290. The van der Waals surface area contributed by atoms with E-state index in [2.05, 4.69) is 4.98 Å². The summed E-state index contributed by atoms with van der Waals surface area (Å²) < 4.78 is 34.8. The zero-order valence-electron chi connectivity index (χ0n) is 18.2. The number of halogens is 2. The van der Waals surface area contributed by atoms with Crippen LogP contribution in [0.3, 0.4) is 0 Å². The number of ether oxygens (including phenoxy) is 1. The Hall–Kier alpha value is -1.43. The summed E-state index contributed by atoms with van der Waals surface area (Å²) in [5, 5.41) is 1.22. The van der Waals surface area contributed by atoms with Crippen molar-refractivity contribution in [2.45, 2.75) is 36.0 Å². The highest BCUT2D eigenvalue weighted by molar-refractivity contribution is 7.91. The Labute approximate surface area is 216 Å². The van der Waals surface area contributed by atoms with Gasteiger partial charge in [0.25, 0.3) is 15.2 Å². The number of hydrogen-bond acceptors (Lipinski definition) is 7. The van der Waals surface area contributed by atoms with Gasteiger partial charge in [-0.25, -0.2) is 13.4 Å². The van der Waals surface area contributed by atoms with Crippen LogP contribution in [0.25, 0.3) is 10.2 Å². The van der Waals surface area contributed by atoms with Crippen LogP contribution in [0.2, 0.25) is 9.36 Å². The van der Waals surface area contributed by atoms with E-state index in [4.69, 9.17) is 27.9 Å². The molecular formula is C22H23Cl2N3O4S3. The lowest BCUT2D eigenvalue weighted by molar-refractivity contribution is -0.138. The van der Waals surface area contributed by atoms with Gasteiger partial charge in [-0.3, -0.25) is 4.79 Å². The number of benzene rings is 1. The highest BCUT2D eigenvalue weighted by atomic mass is 35.5. The minimum Gasteiger partial charge on any atom is -0.467 e. The first-order valence-corrected chi connectivity index (χ1v) is 14.9. The summed E-state index contributed by atoms with van der Waals surface area (Å²) in [5.74, 6) is -0.0383. The van der Waals surface area contributed by atoms with Crippen LogP contribution in [0.1, 0.15) is 25.7 Å². The minimum atomic E-state index is -3.55. The van der Waals surface area contributed by atoms with Gasteiger partial charge in [-0.1, -0.05) is 40.6 Å². The molecule has 1 aromatic carbocycles. The Morgan fingerprint density at radius 1 is 1.00 bits per heavy atom. The molecule has 5 rings (SSSR count). The molecule has 0 unspecified atom stereocenters. The number of rotatable bonds is 5. The van der Waals surface area contributed by atoms with Gasteiger partial charge in [0.05, 0.1) is 14.1 Å². The first kappa shape index (κ1) is 24.3. The molecule has 2 aromatic heterocycles. The molecular weight excluding hydrogens is 537 g/mol. The van der Waals surface area contributed by atoms with Crippen LogP contribution in [0.15, 0.2) is 34.5 Å². The molecule has 0 spiro atoms. The number of carbonyl (C=O) groups excluding carboxylic acids is 1. The topological polar surface area (TPSA) is 79.8 Å². The average molecular weight is 561 g/mol. The maximum absolute atomic E-state index is 13.1. The molecule has 3 aromatic rings. The van der Waals surface area contributed by atoms with Crippen molar-refractivity contribution in [1.29, 1.82) is 0 Å². The van der Waals surface area contributed by atoms with E-state index in [0.29, 0.717) is 53.6 Å². The summed E-state index contributed by atoms with van der Waals surface area (Å²) >= 11 is 14.7. The fourth-order valence-corrected chi connectivity index (χ4v) is 8.73. The molecule has 0 atom stereocenters. The summed E-state index contributed by atoms with van der Waals surface area (Å²) in [4.78, 5) is 19.5. The van der Waals surface area contributed by atoms with Crippen LogP contribution in [-0.4, -0.2) is 60.8 Å². The number of carbonyl (C=O) groups is 1. The number of sulfonamides is 1. The third kappa shape index (κ3) is 4.94. The largest absolute Gasteiger partial charge is 0.467 e. The van der Waals surface area contributed by atoms with Crippen molar-refractivity contribution < 1.29 is 17.9 Å². The van der Waals surface area contributed by atoms with Gasteiger partial charge in [-0.2, -0.15) is 4.31 Å². The number of amides is 1. The smallest absolute Gasteiger partial charge is 0.274 e. The van der Waals surface area contributed by atoms with Gasteiger partial charge in [-0.05, 0) is 37.1 Å². The number of thiophene rings is 1. The predicted molar refractivity (Wildman–Crippen MR) is 136 cm³/mol. The quantitative estimate of drug-likeness (QED) is 0.432. The molecule has 7 nitrogen and oxygen atoms in total. The monoisotopic (exact) mass is 559 g/mol. The molecule has 4 heterocycles. The number of likely N-dealkylation sites (tertiary alicyclic amines) is 1. The van der Waals surface area contributed by atoms with Crippen molar-refractivity contribution in [2.75, 3.05) is 26.2 Å². The van der Waals surface area contributed by atoms with E-state index in [1.54, 1.807) is 6.07 Å². The van der Waals surface area contributed by atoms with Crippen molar-refractivity contribution >= 4 is 72.0 Å². The van der Waals surface area contributed by atoms with Gasteiger partial charge in [-0.15, -0.1) is 11.3 Å². The molecule has 2 aliphatic rings. The van der Waals surface area contributed by atoms with E-state index in [1.807, 2.05) is 23.1 Å². The van der Waals surface area contributed by atoms with Crippen LogP contribution in [-0.2, 0) is 14.8 Å². The van der Waals surface area contributed by atoms with E-state index in [1.165, 1.54) is 21.7 Å².